The van der Waals surface area contributed by atoms with Crippen LogP contribution in [-0.4, -0.2) is 20.5 Å². The van der Waals surface area contributed by atoms with Crippen molar-refractivity contribution in [1.82, 2.24) is 4.98 Å². The van der Waals surface area contributed by atoms with Crippen LogP contribution < -0.4 is 8.92 Å². The number of nitrogens with zero attached hydrogens (tertiary/aromatic N) is 1. The predicted octanol–water partition coefficient (Wildman–Crippen LogP) is 4.55. The number of hydrogen-bond donors (Lipinski definition) is 0. The van der Waals surface area contributed by atoms with Gasteiger partial charge >= 0.3 is 10.1 Å². The molecule has 0 fully saturated rings. The van der Waals surface area contributed by atoms with Gasteiger partial charge in [-0.15, -0.1) is 11.3 Å². The first kappa shape index (κ1) is 17.7. The Morgan fingerprint density at radius 2 is 1.84 bits per heavy atom. The lowest BCUT2D eigenvalue weighted by atomic mass is 10.2. The van der Waals surface area contributed by atoms with E-state index in [1.165, 1.54) is 36.6 Å². The van der Waals surface area contributed by atoms with Gasteiger partial charge in [0.15, 0.2) is 0 Å². The Labute approximate surface area is 155 Å². The fraction of sp³-hybridized carbons (Fsp3) is 0.118. The smallest absolute Gasteiger partial charge is 0.339 e. The molecule has 0 spiro atoms. The van der Waals surface area contributed by atoms with Gasteiger partial charge in [-0.2, -0.15) is 8.42 Å². The van der Waals surface area contributed by atoms with Crippen molar-refractivity contribution >= 4 is 33.1 Å². The molecule has 3 aromatic rings. The number of aryl methyl sites for hydroxylation is 1. The quantitative estimate of drug-likeness (QED) is 0.593. The number of rotatable bonds is 5. The van der Waals surface area contributed by atoms with Gasteiger partial charge < -0.3 is 8.92 Å². The first-order valence-corrected chi connectivity index (χ1v) is 9.86. The van der Waals surface area contributed by atoms with Crippen LogP contribution in [0.3, 0.4) is 0 Å². The largest absolute Gasteiger partial charge is 0.495 e. The Morgan fingerprint density at radius 3 is 2.40 bits per heavy atom. The summed E-state index contributed by atoms with van der Waals surface area (Å²) >= 11 is 7.51. The van der Waals surface area contributed by atoms with E-state index in [1.54, 1.807) is 24.3 Å². The summed E-state index contributed by atoms with van der Waals surface area (Å²) in [6.07, 6.45) is 0. The second-order valence-corrected chi connectivity index (χ2v) is 7.96. The van der Waals surface area contributed by atoms with Crippen molar-refractivity contribution in [2.75, 3.05) is 7.11 Å². The molecule has 2 aromatic carbocycles. The molecule has 8 heteroatoms. The molecule has 5 nitrogen and oxygen atoms in total. The van der Waals surface area contributed by atoms with Crippen LogP contribution >= 0.6 is 22.9 Å². The highest BCUT2D eigenvalue weighted by atomic mass is 35.5. The lowest BCUT2D eigenvalue weighted by Gasteiger charge is -2.09. The van der Waals surface area contributed by atoms with Gasteiger partial charge in [0.2, 0.25) is 0 Å². The van der Waals surface area contributed by atoms with Crippen molar-refractivity contribution < 1.29 is 17.3 Å². The lowest BCUT2D eigenvalue weighted by molar-refractivity contribution is 0.414. The average Bonchev–Trinajstić information content (AvgIpc) is 3.01. The summed E-state index contributed by atoms with van der Waals surface area (Å²) in [6, 6.07) is 10.9. The summed E-state index contributed by atoms with van der Waals surface area (Å²) in [7, 11) is -2.53. The SMILES string of the molecule is COc1ccc(S(=O)(=O)Oc2ccc(-c3nc(C)cs3)cc2)cc1Cl. The maximum absolute atomic E-state index is 12.4. The van der Waals surface area contributed by atoms with E-state index >= 15 is 0 Å². The normalized spacial score (nSPS) is 11.3. The second kappa shape index (κ2) is 7.03. The number of benzene rings is 2. The van der Waals surface area contributed by atoms with E-state index in [4.69, 9.17) is 20.5 Å². The van der Waals surface area contributed by atoms with Crippen molar-refractivity contribution in [2.24, 2.45) is 0 Å². The fourth-order valence-corrected chi connectivity index (χ4v) is 4.20. The van der Waals surface area contributed by atoms with Gasteiger partial charge in [0, 0.05) is 16.6 Å². The molecule has 0 aliphatic carbocycles. The maximum Gasteiger partial charge on any atom is 0.339 e. The van der Waals surface area contributed by atoms with Gasteiger partial charge in [-0.05, 0) is 49.4 Å². The molecule has 0 atom stereocenters. The van der Waals surface area contributed by atoms with E-state index in [0.717, 1.165) is 16.3 Å². The lowest BCUT2D eigenvalue weighted by Crippen LogP contribution is -2.09. The monoisotopic (exact) mass is 395 g/mol. The summed E-state index contributed by atoms with van der Waals surface area (Å²) in [5, 5.41) is 3.02. The van der Waals surface area contributed by atoms with Crippen LogP contribution in [0.2, 0.25) is 5.02 Å². The highest BCUT2D eigenvalue weighted by Gasteiger charge is 2.18. The molecule has 0 amide bonds. The zero-order valence-corrected chi connectivity index (χ0v) is 15.8. The van der Waals surface area contributed by atoms with Crippen LogP contribution in [0, 0.1) is 6.92 Å². The molecular weight excluding hydrogens is 382 g/mol. The molecule has 0 unspecified atom stereocenters. The van der Waals surface area contributed by atoms with Gasteiger partial charge in [-0.1, -0.05) is 11.6 Å². The molecule has 25 heavy (non-hydrogen) atoms. The van der Waals surface area contributed by atoms with Crippen LogP contribution in [0.4, 0.5) is 0 Å². The Hall–Kier alpha value is -2.09. The zero-order valence-electron chi connectivity index (χ0n) is 13.4. The summed E-state index contributed by atoms with van der Waals surface area (Å²) in [5.74, 6) is 0.604. The molecule has 0 N–H and O–H groups in total. The Bertz CT molecular complexity index is 998. The number of methoxy groups -OCH3 is 1. The molecule has 0 bridgehead atoms. The van der Waals surface area contributed by atoms with Crippen LogP contribution in [0.25, 0.3) is 10.6 Å². The Kier molecular flexibility index (Phi) is 4.99. The number of ether oxygens (including phenoxy) is 1. The minimum Gasteiger partial charge on any atom is -0.495 e. The third-order valence-electron chi connectivity index (χ3n) is 3.34. The molecule has 1 aromatic heterocycles. The first-order valence-electron chi connectivity index (χ1n) is 7.19. The van der Waals surface area contributed by atoms with E-state index < -0.39 is 10.1 Å². The van der Waals surface area contributed by atoms with Gasteiger partial charge in [-0.25, -0.2) is 4.98 Å². The van der Waals surface area contributed by atoms with Crippen molar-refractivity contribution in [1.29, 1.82) is 0 Å². The summed E-state index contributed by atoms with van der Waals surface area (Å²) in [6.45, 7) is 1.92. The number of halogens is 1. The molecule has 3 rings (SSSR count). The molecule has 0 aliphatic heterocycles. The molecule has 0 aliphatic rings. The van der Waals surface area contributed by atoms with Crippen LogP contribution in [-0.2, 0) is 10.1 Å². The zero-order chi connectivity index (χ0) is 18.0. The van der Waals surface area contributed by atoms with Crippen LogP contribution in [0.5, 0.6) is 11.5 Å². The van der Waals surface area contributed by atoms with E-state index in [9.17, 15) is 8.42 Å². The Morgan fingerprint density at radius 1 is 1.12 bits per heavy atom. The van der Waals surface area contributed by atoms with Crippen LogP contribution in [0.15, 0.2) is 52.7 Å². The minimum atomic E-state index is -3.99. The van der Waals surface area contributed by atoms with E-state index in [2.05, 4.69) is 4.98 Å². The van der Waals surface area contributed by atoms with Gasteiger partial charge in [-0.3, -0.25) is 0 Å². The van der Waals surface area contributed by atoms with E-state index in [-0.39, 0.29) is 15.7 Å². The third kappa shape index (κ3) is 3.95. The van der Waals surface area contributed by atoms with Crippen molar-refractivity contribution in [3.63, 3.8) is 0 Å². The van der Waals surface area contributed by atoms with Gasteiger partial charge in [0.05, 0.1) is 12.1 Å². The topological polar surface area (TPSA) is 65.5 Å². The highest BCUT2D eigenvalue weighted by Crippen LogP contribution is 2.30. The first-order chi connectivity index (χ1) is 11.9. The summed E-state index contributed by atoms with van der Waals surface area (Å²) in [5.41, 5.74) is 1.84. The fourth-order valence-electron chi connectivity index (χ4n) is 2.12. The van der Waals surface area contributed by atoms with Crippen molar-refractivity contribution in [2.45, 2.75) is 11.8 Å². The van der Waals surface area contributed by atoms with Gasteiger partial charge in [0.1, 0.15) is 21.4 Å². The highest BCUT2D eigenvalue weighted by molar-refractivity contribution is 7.87. The third-order valence-corrected chi connectivity index (χ3v) is 5.89. The number of thiazole rings is 1. The maximum atomic E-state index is 12.4. The van der Waals surface area contributed by atoms with Gasteiger partial charge in [0.25, 0.3) is 0 Å². The van der Waals surface area contributed by atoms with Crippen molar-refractivity contribution in [3.05, 3.63) is 58.6 Å². The van der Waals surface area contributed by atoms with E-state index in [0.29, 0.717) is 5.75 Å². The minimum absolute atomic E-state index is 0.0436. The Balaban J connectivity index is 1.82. The predicted molar refractivity (Wildman–Crippen MR) is 98.1 cm³/mol. The second-order valence-electron chi connectivity index (χ2n) is 5.15. The van der Waals surface area contributed by atoms with E-state index in [1.807, 2.05) is 12.3 Å². The summed E-state index contributed by atoms with van der Waals surface area (Å²) in [4.78, 5) is 4.35. The molecular formula is C17H14ClNO4S2. The summed E-state index contributed by atoms with van der Waals surface area (Å²) < 4.78 is 34.9. The molecule has 0 saturated carbocycles. The van der Waals surface area contributed by atoms with Crippen LogP contribution in [0.1, 0.15) is 5.69 Å². The molecule has 0 saturated heterocycles. The molecule has 130 valence electrons. The standard InChI is InChI=1S/C17H14ClNO4S2/c1-11-10-24-17(19-11)12-3-5-13(6-4-12)23-25(20,21)14-7-8-16(22-2)15(18)9-14/h3-10H,1-2H3. The number of aromatic nitrogens is 1. The molecule has 1 heterocycles. The molecule has 0 radical (unpaired) electrons. The average molecular weight is 396 g/mol. The number of hydrogen-bond acceptors (Lipinski definition) is 6. The van der Waals surface area contributed by atoms with Crippen molar-refractivity contribution in [3.8, 4) is 22.1 Å².